The Labute approximate surface area is 131 Å². The zero-order chi connectivity index (χ0) is 14.8. The van der Waals surface area contributed by atoms with Gasteiger partial charge in [-0.05, 0) is 29.8 Å². The average Bonchev–Trinajstić information content (AvgIpc) is 2.50. The van der Waals surface area contributed by atoms with Crippen LogP contribution in [0.25, 0.3) is 0 Å². The molecule has 21 heavy (non-hydrogen) atoms. The predicted molar refractivity (Wildman–Crippen MR) is 85.6 cm³/mol. The number of halogens is 1. The Hall–Kier alpha value is -1.78. The minimum absolute atomic E-state index is 0.195. The van der Waals surface area contributed by atoms with Crippen molar-refractivity contribution < 1.29 is 9.59 Å². The second-order valence-electron chi connectivity index (χ2n) is 4.65. The van der Waals surface area contributed by atoms with E-state index in [4.69, 9.17) is 11.6 Å². The SMILES string of the molecule is O=C1CS[C@@H](c2ccccc2)C(=O)N1c1ccc(Cl)cc1. The lowest BCUT2D eigenvalue weighted by atomic mass is 10.1. The van der Waals surface area contributed by atoms with Crippen molar-refractivity contribution in [2.24, 2.45) is 0 Å². The van der Waals surface area contributed by atoms with Gasteiger partial charge in [0.25, 0.3) is 5.91 Å². The summed E-state index contributed by atoms with van der Waals surface area (Å²) >= 11 is 7.22. The molecule has 0 unspecified atom stereocenters. The maximum absolute atomic E-state index is 12.7. The number of hydrogen-bond donors (Lipinski definition) is 0. The smallest absolute Gasteiger partial charge is 0.251 e. The number of benzene rings is 2. The van der Waals surface area contributed by atoms with Crippen molar-refractivity contribution in [3.63, 3.8) is 0 Å². The number of anilines is 1. The summed E-state index contributed by atoms with van der Waals surface area (Å²) in [7, 11) is 0. The maximum atomic E-state index is 12.7. The fraction of sp³-hybridized carbons (Fsp3) is 0.125. The van der Waals surface area contributed by atoms with Crippen molar-refractivity contribution in [3.8, 4) is 0 Å². The molecule has 0 bridgehead atoms. The Bertz CT molecular complexity index is 672. The lowest BCUT2D eigenvalue weighted by Crippen LogP contribution is -2.44. The number of rotatable bonds is 2. The first-order valence-electron chi connectivity index (χ1n) is 6.46. The van der Waals surface area contributed by atoms with E-state index in [1.165, 1.54) is 16.7 Å². The van der Waals surface area contributed by atoms with Gasteiger partial charge in [0.1, 0.15) is 5.25 Å². The van der Waals surface area contributed by atoms with Crippen LogP contribution in [0.4, 0.5) is 5.69 Å². The van der Waals surface area contributed by atoms with Crippen LogP contribution < -0.4 is 4.90 Å². The van der Waals surface area contributed by atoms with Gasteiger partial charge in [0.05, 0.1) is 11.4 Å². The summed E-state index contributed by atoms with van der Waals surface area (Å²) in [5.41, 5.74) is 1.48. The van der Waals surface area contributed by atoms with E-state index in [9.17, 15) is 9.59 Å². The van der Waals surface area contributed by atoms with Gasteiger partial charge in [-0.2, -0.15) is 0 Å². The Morgan fingerprint density at radius 2 is 1.67 bits per heavy atom. The molecule has 0 saturated carbocycles. The van der Waals surface area contributed by atoms with Crippen LogP contribution in [0.1, 0.15) is 10.8 Å². The summed E-state index contributed by atoms with van der Waals surface area (Å²) in [5.74, 6) is -0.113. The van der Waals surface area contributed by atoms with Crippen LogP contribution in [-0.4, -0.2) is 17.6 Å². The van der Waals surface area contributed by atoms with Gasteiger partial charge in [0.2, 0.25) is 5.91 Å². The molecule has 0 aliphatic carbocycles. The standard InChI is InChI=1S/C16H12ClNO2S/c17-12-6-8-13(9-7-12)18-14(19)10-21-15(16(18)20)11-4-2-1-3-5-11/h1-9,15H,10H2/t15-/m0/s1. The van der Waals surface area contributed by atoms with E-state index in [1.807, 2.05) is 30.3 Å². The lowest BCUT2D eigenvalue weighted by Gasteiger charge is -2.30. The lowest BCUT2D eigenvalue weighted by molar-refractivity contribution is -0.125. The largest absolute Gasteiger partial charge is 0.273 e. The van der Waals surface area contributed by atoms with Crippen LogP contribution in [0.2, 0.25) is 5.02 Å². The molecule has 1 atom stereocenters. The molecule has 3 nitrogen and oxygen atoms in total. The zero-order valence-electron chi connectivity index (χ0n) is 11.0. The minimum Gasteiger partial charge on any atom is -0.273 e. The van der Waals surface area contributed by atoms with Crippen LogP contribution in [-0.2, 0) is 9.59 Å². The molecule has 0 N–H and O–H groups in total. The second kappa shape index (κ2) is 5.92. The molecule has 1 saturated heterocycles. The van der Waals surface area contributed by atoms with E-state index in [1.54, 1.807) is 24.3 Å². The molecule has 5 heteroatoms. The molecule has 1 aliphatic heterocycles. The first-order chi connectivity index (χ1) is 10.2. The van der Waals surface area contributed by atoms with Crippen molar-refractivity contribution in [1.82, 2.24) is 0 Å². The highest BCUT2D eigenvalue weighted by molar-refractivity contribution is 8.01. The van der Waals surface area contributed by atoms with Crippen LogP contribution in [0.15, 0.2) is 54.6 Å². The summed E-state index contributed by atoms with van der Waals surface area (Å²) in [6.45, 7) is 0. The van der Waals surface area contributed by atoms with Crippen LogP contribution in [0.3, 0.4) is 0 Å². The fourth-order valence-corrected chi connectivity index (χ4v) is 3.42. The zero-order valence-corrected chi connectivity index (χ0v) is 12.6. The third-order valence-electron chi connectivity index (χ3n) is 3.25. The molecule has 1 heterocycles. The highest BCUT2D eigenvalue weighted by Crippen LogP contribution is 2.36. The number of nitrogens with zero attached hydrogens (tertiary/aromatic N) is 1. The molecule has 1 aliphatic rings. The van der Waals surface area contributed by atoms with Gasteiger partial charge >= 0.3 is 0 Å². The highest BCUT2D eigenvalue weighted by atomic mass is 35.5. The van der Waals surface area contributed by atoms with Crippen molar-refractivity contribution in [2.45, 2.75) is 5.25 Å². The van der Waals surface area contributed by atoms with Gasteiger partial charge < -0.3 is 0 Å². The normalized spacial score (nSPS) is 18.9. The summed E-state index contributed by atoms with van der Waals surface area (Å²) < 4.78 is 0. The van der Waals surface area contributed by atoms with E-state index in [-0.39, 0.29) is 22.8 Å². The Morgan fingerprint density at radius 1 is 1.00 bits per heavy atom. The third kappa shape index (κ3) is 2.82. The summed E-state index contributed by atoms with van der Waals surface area (Å²) in [5, 5.41) is 0.226. The molecule has 0 radical (unpaired) electrons. The number of carbonyl (C=O) groups is 2. The first-order valence-corrected chi connectivity index (χ1v) is 7.88. The minimum atomic E-state index is -0.348. The van der Waals surface area contributed by atoms with Gasteiger partial charge in [-0.25, -0.2) is 4.90 Å². The molecule has 0 spiro atoms. The average molecular weight is 318 g/mol. The van der Waals surface area contributed by atoms with E-state index in [2.05, 4.69) is 0 Å². The Kier molecular flexibility index (Phi) is 3.99. The molecule has 2 aromatic rings. The number of carbonyl (C=O) groups excluding carboxylic acids is 2. The van der Waals surface area contributed by atoms with Crippen molar-refractivity contribution >= 4 is 40.9 Å². The van der Waals surface area contributed by atoms with Gasteiger partial charge in [0.15, 0.2) is 0 Å². The van der Waals surface area contributed by atoms with Gasteiger partial charge in [-0.1, -0.05) is 41.9 Å². The fourth-order valence-electron chi connectivity index (χ4n) is 2.26. The third-order valence-corrected chi connectivity index (χ3v) is 4.73. The molecule has 2 aromatic carbocycles. The molecular formula is C16H12ClNO2S. The molecule has 1 fully saturated rings. The van der Waals surface area contributed by atoms with Crippen LogP contribution in [0, 0.1) is 0 Å². The van der Waals surface area contributed by atoms with Gasteiger partial charge in [-0.3, -0.25) is 9.59 Å². The Morgan fingerprint density at radius 3 is 2.33 bits per heavy atom. The molecule has 3 rings (SSSR count). The van der Waals surface area contributed by atoms with Crippen molar-refractivity contribution in [2.75, 3.05) is 10.7 Å². The molecule has 0 aromatic heterocycles. The quantitative estimate of drug-likeness (QED) is 0.793. The van der Waals surface area contributed by atoms with Crippen molar-refractivity contribution in [3.05, 3.63) is 65.2 Å². The van der Waals surface area contributed by atoms with Crippen LogP contribution in [0.5, 0.6) is 0 Å². The summed E-state index contributed by atoms with van der Waals surface area (Å²) in [6.07, 6.45) is 0. The monoisotopic (exact) mass is 317 g/mol. The maximum Gasteiger partial charge on any atom is 0.251 e. The van der Waals surface area contributed by atoms with E-state index < -0.39 is 0 Å². The van der Waals surface area contributed by atoms with E-state index in [0.29, 0.717) is 10.7 Å². The van der Waals surface area contributed by atoms with Crippen LogP contribution >= 0.6 is 23.4 Å². The van der Waals surface area contributed by atoms with Crippen molar-refractivity contribution in [1.29, 1.82) is 0 Å². The predicted octanol–water partition coefficient (Wildman–Crippen LogP) is 3.69. The highest BCUT2D eigenvalue weighted by Gasteiger charge is 2.36. The number of thioether (sulfide) groups is 1. The van der Waals surface area contributed by atoms with E-state index >= 15 is 0 Å². The number of hydrogen-bond acceptors (Lipinski definition) is 3. The molecule has 2 amide bonds. The summed E-state index contributed by atoms with van der Waals surface area (Å²) in [4.78, 5) is 26.0. The number of amides is 2. The second-order valence-corrected chi connectivity index (χ2v) is 6.18. The topological polar surface area (TPSA) is 37.4 Å². The van der Waals surface area contributed by atoms with E-state index in [0.717, 1.165) is 5.56 Å². The summed E-state index contributed by atoms with van der Waals surface area (Å²) in [6, 6.07) is 16.2. The first kappa shape index (κ1) is 14.2. The molecule has 106 valence electrons. The van der Waals surface area contributed by atoms with Gasteiger partial charge in [0, 0.05) is 5.02 Å². The van der Waals surface area contributed by atoms with Gasteiger partial charge in [-0.15, -0.1) is 11.8 Å². The Balaban J connectivity index is 1.94. The number of imide groups is 1. The molecular weight excluding hydrogens is 306 g/mol.